The van der Waals surface area contributed by atoms with E-state index in [2.05, 4.69) is 15.1 Å². The van der Waals surface area contributed by atoms with Crippen LogP contribution in [0.15, 0.2) is 41.0 Å². The average molecular weight is 426 g/mol. The highest BCUT2D eigenvalue weighted by Crippen LogP contribution is 2.32. The van der Waals surface area contributed by atoms with Crippen molar-refractivity contribution in [3.8, 4) is 5.13 Å². The molecule has 5 rings (SSSR count). The summed E-state index contributed by atoms with van der Waals surface area (Å²) in [5.41, 5.74) is -0.983. The van der Waals surface area contributed by atoms with E-state index < -0.39 is 22.8 Å². The van der Waals surface area contributed by atoms with E-state index >= 15 is 4.39 Å². The number of nitrogens with zero attached hydrogens (tertiary/aromatic N) is 6. The summed E-state index contributed by atoms with van der Waals surface area (Å²) in [6.07, 6.45) is 6.30. The van der Waals surface area contributed by atoms with Gasteiger partial charge in [-0.1, -0.05) is 0 Å². The Morgan fingerprint density at radius 2 is 2.13 bits per heavy atom. The van der Waals surface area contributed by atoms with Gasteiger partial charge in [-0.2, -0.15) is 5.10 Å². The van der Waals surface area contributed by atoms with Gasteiger partial charge in [-0.3, -0.25) is 14.0 Å². The van der Waals surface area contributed by atoms with Crippen molar-refractivity contribution in [3.05, 3.63) is 63.4 Å². The molecule has 0 amide bonds. The Morgan fingerprint density at radius 3 is 2.77 bits per heavy atom. The Kier molecular flexibility index (Phi) is 4.13. The molecule has 11 heteroatoms. The molecule has 0 radical (unpaired) electrons. The van der Waals surface area contributed by atoms with Crippen LogP contribution in [0, 0.1) is 12.7 Å². The van der Waals surface area contributed by atoms with Gasteiger partial charge < -0.3 is 10.0 Å². The molecule has 1 aliphatic heterocycles. The number of thiazole rings is 1. The van der Waals surface area contributed by atoms with Crippen LogP contribution in [0.4, 0.5) is 10.2 Å². The summed E-state index contributed by atoms with van der Waals surface area (Å²) in [4.78, 5) is 34.8. The smallest absolute Gasteiger partial charge is 0.341 e. The lowest BCUT2D eigenvalue weighted by molar-refractivity contribution is 0.0695. The molecule has 30 heavy (non-hydrogen) atoms. The number of pyridine rings is 2. The van der Waals surface area contributed by atoms with Crippen LogP contribution in [0.2, 0.25) is 0 Å². The fourth-order valence-electron chi connectivity index (χ4n) is 3.61. The number of aromatic nitrogens is 5. The summed E-state index contributed by atoms with van der Waals surface area (Å²) in [6, 6.07) is 1.93. The largest absolute Gasteiger partial charge is 0.477 e. The van der Waals surface area contributed by atoms with E-state index in [0.717, 1.165) is 0 Å². The molecular formula is C19H15FN6O3S. The van der Waals surface area contributed by atoms with Crippen LogP contribution in [-0.2, 0) is 0 Å². The average Bonchev–Trinajstić information content (AvgIpc) is 3.38. The zero-order valence-corrected chi connectivity index (χ0v) is 16.5. The van der Waals surface area contributed by atoms with Gasteiger partial charge in [-0.05, 0) is 13.0 Å². The highest BCUT2D eigenvalue weighted by Gasteiger charge is 2.33. The molecule has 0 saturated carbocycles. The van der Waals surface area contributed by atoms with E-state index in [4.69, 9.17) is 0 Å². The van der Waals surface area contributed by atoms with Crippen LogP contribution in [0.25, 0.3) is 16.2 Å². The fourth-order valence-corrected chi connectivity index (χ4v) is 4.23. The van der Waals surface area contributed by atoms with E-state index in [-0.39, 0.29) is 28.5 Å². The number of aromatic carboxylic acids is 1. The van der Waals surface area contributed by atoms with Crippen LogP contribution in [0.5, 0.6) is 0 Å². The molecule has 4 aromatic heterocycles. The first-order valence-corrected chi connectivity index (χ1v) is 9.96. The van der Waals surface area contributed by atoms with E-state index in [0.29, 0.717) is 18.2 Å². The number of carbonyl (C=O) groups is 1. The molecule has 152 valence electrons. The minimum absolute atomic E-state index is 0.0597. The molecule has 5 heterocycles. The number of anilines is 1. The maximum Gasteiger partial charge on any atom is 0.341 e. The predicted molar refractivity (Wildman–Crippen MR) is 108 cm³/mol. The standard InChI is InChI=1S/C19H15FN6O3S/c1-10-13-15(27)12(18(28)29)9-25(19-21-4-6-30-19)16(13)23-17(14(10)20)24-7-11(8-24)26-5-2-3-22-26/h2-6,9,11H,7-8H2,1H3,(H,28,29). The number of carboxylic acid groups (broad SMARTS) is 1. The molecule has 0 spiro atoms. The van der Waals surface area contributed by atoms with Gasteiger partial charge in [0.15, 0.2) is 22.4 Å². The van der Waals surface area contributed by atoms with Gasteiger partial charge in [0, 0.05) is 48.8 Å². The third-order valence-corrected chi connectivity index (χ3v) is 5.98. The Labute approximate surface area is 172 Å². The summed E-state index contributed by atoms with van der Waals surface area (Å²) in [5.74, 6) is -1.90. The second kappa shape index (κ2) is 6.73. The van der Waals surface area contributed by atoms with Gasteiger partial charge in [0.25, 0.3) is 0 Å². The van der Waals surface area contributed by atoms with E-state index in [1.807, 2.05) is 16.9 Å². The first-order valence-electron chi connectivity index (χ1n) is 9.08. The topological polar surface area (TPSA) is 106 Å². The molecule has 1 aliphatic rings. The Hall–Kier alpha value is -3.60. The van der Waals surface area contributed by atoms with Crippen molar-refractivity contribution in [2.45, 2.75) is 13.0 Å². The third-order valence-electron chi connectivity index (χ3n) is 5.21. The fraction of sp³-hybridized carbons (Fsp3) is 0.211. The Bertz CT molecular complexity index is 1330. The molecule has 9 nitrogen and oxygen atoms in total. The SMILES string of the molecule is Cc1c(F)c(N2CC(n3cccn3)C2)nc2c1c(=O)c(C(=O)O)cn2-c1nccs1. The normalized spacial score (nSPS) is 14.3. The Morgan fingerprint density at radius 1 is 1.33 bits per heavy atom. The molecule has 1 fully saturated rings. The van der Waals surface area contributed by atoms with Gasteiger partial charge in [-0.25, -0.2) is 19.2 Å². The number of hydrogen-bond acceptors (Lipinski definition) is 7. The number of carboxylic acids is 1. The third kappa shape index (κ3) is 2.70. The molecular weight excluding hydrogens is 411 g/mol. The monoisotopic (exact) mass is 426 g/mol. The summed E-state index contributed by atoms with van der Waals surface area (Å²) >= 11 is 1.26. The zero-order valence-electron chi connectivity index (χ0n) is 15.7. The van der Waals surface area contributed by atoms with Crippen LogP contribution in [-0.4, -0.2) is 48.5 Å². The van der Waals surface area contributed by atoms with Gasteiger partial charge in [0.2, 0.25) is 5.43 Å². The maximum atomic E-state index is 15.2. The highest BCUT2D eigenvalue weighted by atomic mass is 32.1. The van der Waals surface area contributed by atoms with E-state index in [1.54, 1.807) is 22.7 Å². The van der Waals surface area contributed by atoms with Gasteiger partial charge in [-0.15, -0.1) is 11.3 Å². The Balaban J connectivity index is 1.69. The number of rotatable bonds is 4. The van der Waals surface area contributed by atoms with Crippen LogP contribution in [0.3, 0.4) is 0 Å². The van der Waals surface area contributed by atoms with Gasteiger partial charge in [0.05, 0.1) is 11.4 Å². The van der Waals surface area contributed by atoms with Gasteiger partial charge in [0.1, 0.15) is 5.56 Å². The number of aryl methyl sites for hydroxylation is 1. The molecule has 0 unspecified atom stereocenters. The molecule has 0 atom stereocenters. The summed E-state index contributed by atoms with van der Waals surface area (Å²) < 4.78 is 18.5. The summed E-state index contributed by atoms with van der Waals surface area (Å²) in [6.45, 7) is 2.50. The van der Waals surface area contributed by atoms with Crippen LogP contribution >= 0.6 is 11.3 Å². The molecule has 1 saturated heterocycles. The van der Waals surface area contributed by atoms with Crippen molar-refractivity contribution in [1.29, 1.82) is 0 Å². The van der Waals surface area contributed by atoms with Crippen molar-refractivity contribution in [2.75, 3.05) is 18.0 Å². The van der Waals surface area contributed by atoms with Crippen LogP contribution < -0.4 is 10.3 Å². The molecule has 1 N–H and O–H groups in total. The quantitative estimate of drug-likeness (QED) is 0.533. The molecule has 0 aliphatic carbocycles. The second-order valence-electron chi connectivity index (χ2n) is 6.98. The van der Waals surface area contributed by atoms with Crippen molar-refractivity contribution in [1.82, 2.24) is 24.3 Å². The first-order chi connectivity index (χ1) is 14.5. The highest BCUT2D eigenvalue weighted by molar-refractivity contribution is 7.12. The summed E-state index contributed by atoms with van der Waals surface area (Å²) in [7, 11) is 0. The lowest BCUT2D eigenvalue weighted by Crippen LogP contribution is -2.49. The first kappa shape index (κ1) is 18.4. The van der Waals surface area contributed by atoms with Crippen LogP contribution in [0.1, 0.15) is 22.0 Å². The van der Waals surface area contributed by atoms with E-state index in [9.17, 15) is 14.7 Å². The van der Waals surface area contributed by atoms with Crippen molar-refractivity contribution in [3.63, 3.8) is 0 Å². The minimum Gasteiger partial charge on any atom is -0.477 e. The van der Waals surface area contributed by atoms with Gasteiger partial charge >= 0.3 is 5.97 Å². The minimum atomic E-state index is -1.39. The number of halogens is 1. The van der Waals surface area contributed by atoms with E-state index in [1.165, 1.54) is 29.0 Å². The maximum absolute atomic E-state index is 15.2. The summed E-state index contributed by atoms with van der Waals surface area (Å²) in [5, 5.41) is 15.8. The molecule has 0 bridgehead atoms. The number of fused-ring (bicyclic) bond motifs is 1. The predicted octanol–water partition coefficient (Wildman–Crippen LogP) is 2.25. The molecule has 4 aromatic rings. The number of hydrogen-bond donors (Lipinski definition) is 1. The lowest BCUT2D eigenvalue weighted by atomic mass is 10.1. The lowest BCUT2D eigenvalue weighted by Gasteiger charge is -2.40. The van der Waals surface area contributed by atoms with Crippen molar-refractivity contribution >= 4 is 34.2 Å². The van der Waals surface area contributed by atoms with Crippen molar-refractivity contribution in [2.24, 2.45) is 0 Å². The van der Waals surface area contributed by atoms with Crippen molar-refractivity contribution < 1.29 is 14.3 Å². The zero-order chi connectivity index (χ0) is 21.0. The second-order valence-corrected chi connectivity index (χ2v) is 7.85. The molecule has 0 aromatic carbocycles.